The van der Waals surface area contributed by atoms with Gasteiger partial charge in [-0.2, -0.15) is 13.2 Å². The number of hydrogen-bond acceptors (Lipinski definition) is 3. The molecule has 1 rings (SSSR count). The normalized spacial score (nSPS) is 12.7. The summed E-state index contributed by atoms with van der Waals surface area (Å²) in [5.74, 6) is 0. The average Bonchev–Trinajstić information content (AvgIpc) is 2.43. The molecule has 0 saturated carbocycles. The number of rotatable bonds is 7. The van der Waals surface area contributed by atoms with Crippen molar-refractivity contribution < 1.29 is 26.8 Å². The van der Waals surface area contributed by atoms with E-state index in [4.69, 9.17) is 8.85 Å². The van der Waals surface area contributed by atoms with Gasteiger partial charge in [0.05, 0.1) is 5.56 Å². The van der Waals surface area contributed by atoms with Crippen LogP contribution in [0.4, 0.5) is 13.2 Å². The second-order valence-corrected chi connectivity index (χ2v) is 7.27. The van der Waals surface area contributed by atoms with Crippen molar-refractivity contribution in [2.24, 2.45) is 0 Å². The Labute approximate surface area is 117 Å². The molecule has 0 unspecified atom stereocenters. The van der Waals surface area contributed by atoms with E-state index in [1.807, 2.05) is 0 Å². The number of alkyl halides is 3. The summed E-state index contributed by atoms with van der Waals surface area (Å²) >= 11 is 0. The zero-order valence-electron chi connectivity index (χ0n) is 11.5. The highest BCUT2D eigenvalue weighted by Gasteiger charge is 2.33. The van der Waals surface area contributed by atoms with E-state index in [1.165, 1.54) is 20.3 Å². The van der Waals surface area contributed by atoms with Gasteiger partial charge in [0.25, 0.3) is 0 Å². The summed E-state index contributed by atoms with van der Waals surface area (Å²) in [4.78, 5) is 9.82. The molecule has 0 fully saturated rings. The van der Waals surface area contributed by atoms with Crippen molar-refractivity contribution in [3.63, 3.8) is 0 Å². The highest BCUT2D eigenvalue weighted by Crippen LogP contribution is 2.29. The maximum atomic E-state index is 12.5. The highest BCUT2D eigenvalue weighted by atomic mass is 28.4. The average molecular weight is 308 g/mol. The first-order chi connectivity index (χ1) is 9.30. The van der Waals surface area contributed by atoms with E-state index in [1.54, 1.807) is 6.07 Å². The van der Waals surface area contributed by atoms with Gasteiger partial charge in [0.1, 0.15) is 0 Å². The van der Waals surface area contributed by atoms with Crippen LogP contribution in [0.25, 0.3) is 0 Å². The molecule has 1 aromatic carbocycles. The molecule has 20 heavy (non-hydrogen) atoms. The van der Waals surface area contributed by atoms with Crippen LogP contribution in [0.1, 0.15) is 24.0 Å². The Morgan fingerprint density at radius 3 is 2.35 bits per heavy atom. The minimum Gasteiger partial charge on any atom is -0.390 e. The molecule has 0 aliphatic carbocycles. The van der Waals surface area contributed by atoms with Crippen LogP contribution in [-0.2, 0) is 21.4 Å². The zero-order valence-corrected chi connectivity index (χ0v) is 12.5. The van der Waals surface area contributed by atoms with E-state index in [2.05, 4.69) is 0 Å². The van der Waals surface area contributed by atoms with E-state index < -0.39 is 20.5 Å². The van der Waals surface area contributed by atoms with Crippen molar-refractivity contribution in [3.05, 3.63) is 35.4 Å². The van der Waals surface area contributed by atoms with Crippen molar-refractivity contribution >= 4 is 8.80 Å². The summed E-state index contributed by atoms with van der Waals surface area (Å²) in [6, 6.07) is 5.71. The molecule has 1 N–H and O–H groups in total. The van der Waals surface area contributed by atoms with Gasteiger partial charge in [-0.1, -0.05) is 18.2 Å². The maximum Gasteiger partial charge on any atom is 0.497 e. The quantitative estimate of drug-likeness (QED) is 0.621. The fourth-order valence-corrected chi connectivity index (χ4v) is 3.14. The Morgan fingerprint density at radius 2 is 1.80 bits per heavy atom. The fraction of sp³-hybridized carbons (Fsp3) is 0.538. The van der Waals surface area contributed by atoms with Gasteiger partial charge in [-0.15, -0.1) is 0 Å². The molecule has 0 spiro atoms. The van der Waals surface area contributed by atoms with Crippen molar-refractivity contribution in [2.45, 2.75) is 31.5 Å². The molecular formula is C13H19F3O3Si. The molecule has 1 aromatic rings. The molecule has 0 amide bonds. The van der Waals surface area contributed by atoms with E-state index in [0.29, 0.717) is 30.9 Å². The lowest BCUT2D eigenvalue weighted by Crippen LogP contribution is -2.39. The molecule has 0 aromatic heterocycles. The van der Waals surface area contributed by atoms with Crippen molar-refractivity contribution in [3.8, 4) is 0 Å². The standard InChI is InChI=1S/C13H19F3O3Si/c1-18-20(17,19-2)9-4-3-6-11-7-5-8-12(10-11)13(14,15)16/h5,7-8,10,17H,3-4,6,9H2,1-2H3. The van der Waals surface area contributed by atoms with Crippen LogP contribution in [0.15, 0.2) is 24.3 Å². The summed E-state index contributed by atoms with van der Waals surface area (Å²) in [6.07, 6.45) is -2.47. The molecule has 0 atom stereocenters. The fourth-order valence-electron chi connectivity index (χ4n) is 1.87. The molecule has 3 nitrogen and oxygen atoms in total. The summed E-state index contributed by atoms with van der Waals surface area (Å²) in [5, 5.41) is 0. The summed E-state index contributed by atoms with van der Waals surface area (Å²) < 4.78 is 47.5. The van der Waals surface area contributed by atoms with Gasteiger partial charge in [0, 0.05) is 20.3 Å². The Balaban J connectivity index is 2.47. The van der Waals surface area contributed by atoms with Crippen LogP contribution in [0.3, 0.4) is 0 Å². The monoisotopic (exact) mass is 308 g/mol. The lowest BCUT2D eigenvalue weighted by Gasteiger charge is -2.19. The first-order valence-corrected chi connectivity index (χ1v) is 8.26. The number of hydrogen-bond donors (Lipinski definition) is 1. The lowest BCUT2D eigenvalue weighted by atomic mass is 10.1. The van der Waals surface area contributed by atoms with E-state index in [0.717, 1.165) is 12.1 Å². The van der Waals surface area contributed by atoms with Crippen LogP contribution < -0.4 is 0 Å². The van der Waals surface area contributed by atoms with Crippen LogP contribution >= 0.6 is 0 Å². The Bertz CT molecular complexity index is 420. The van der Waals surface area contributed by atoms with Crippen molar-refractivity contribution in [2.75, 3.05) is 14.2 Å². The zero-order chi connectivity index (χ0) is 15.2. The number of unbranched alkanes of at least 4 members (excludes halogenated alkanes) is 1. The highest BCUT2D eigenvalue weighted by molar-refractivity contribution is 6.59. The van der Waals surface area contributed by atoms with Gasteiger partial charge < -0.3 is 13.6 Å². The molecule has 0 bridgehead atoms. The van der Waals surface area contributed by atoms with Gasteiger partial charge in [-0.3, -0.25) is 0 Å². The third-order valence-electron chi connectivity index (χ3n) is 3.10. The molecule has 0 aliphatic heterocycles. The van der Waals surface area contributed by atoms with Crippen LogP contribution in [0.5, 0.6) is 0 Å². The Kier molecular flexibility index (Phi) is 6.19. The van der Waals surface area contributed by atoms with E-state index >= 15 is 0 Å². The molecule has 0 radical (unpaired) electrons. The van der Waals surface area contributed by atoms with E-state index in [-0.39, 0.29) is 0 Å². The summed E-state index contributed by atoms with van der Waals surface area (Å²) in [5.41, 5.74) is 0.00882. The molecular weight excluding hydrogens is 289 g/mol. The predicted molar refractivity (Wildman–Crippen MR) is 71.2 cm³/mol. The third kappa shape index (κ3) is 5.24. The predicted octanol–water partition coefficient (Wildman–Crippen LogP) is 3.25. The lowest BCUT2D eigenvalue weighted by molar-refractivity contribution is -0.137. The number of benzene rings is 1. The van der Waals surface area contributed by atoms with Gasteiger partial charge in [0.15, 0.2) is 0 Å². The molecule has 114 valence electrons. The Morgan fingerprint density at radius 1 is 1.15 bits per heavy atom. The Hall–Kier alpha value is -0.893. The summed E-state index contributed by atoms with van der Waals surface area (Å²) in [7, 11) is -0.274. The number of aryl methyl sites for hydroxylation is 1. The topological polar surface area (TPSA) is 38.7 Å². The minimum absolute atomic E-state index is 0.402. The molecule has 0 heterocycles. The second kappa shape index (κ2) is 7.21. The maximum absolute atomic E-state index is 12.5. The first-order valence-electron chi connectivity index (χ1n) is 6.29. The first kappa shape index (κ1) is 17.2. The minimum atomic E-state index is -4.31. The van der Waals surface area contributed by atoms with Gasteiger partial charge in [-0.05, 0) is 30.9 Å². The second-order valence-electron chi connectivity index (χ2n) is 4.53. The van der Waals surface area contributed by atoms with Gasteiger partial charge >= 0.3 is 15.0 Å². The molecule has 7 heteroatoms. The SMILES string of the molecule is CO[Si](O)(CCCCc1cccc(C(F)(F)F)c1)OC. The molecule has 0 aliphatic rings. The van der Waals surface area contributed by atoms with Crippen molar-refractivity contribution in [1.29, 1.82) is 0 Å². The van der Waals surface area contributed by atoms with Gasteiger partial charge in [-0.25, -0.2) is 0 Å². The molecule has 0 saturated heterocycles. The van der Waals surface area contributed by atoms with E-state index in [9.17, 15) is 18.0 Å². The van der Waals surface area contributed by atoms with Crippen LogP contribution in [-0.4, -0.2) is 27.8 Å². The smallest absolute Gasteiger partial charge is 0.390 e. The summed E-state index contributed by atoms with van der Waals surface area (Å²) in [6.45, 7) is 0. The largest absolute Gasteiger partial charge is 0.497 e. The van der Waals surface area contributed by atoms with Crippen LogP contribution in [0, 0.1) is 0 Å². The van der Waals surface area contributed by atoms with Crippen LogP contribution in [0.2, 0.25) is 6.04 Å². The van der Waals surface area contributed by atoms with Gasteiger partial charge in [0.2, 0.25) is 0 Å². The third-order valence-corrected chi connectivity index (χ3v) is 5.36. The van der Waals surface area contributed by atoms with Crippen molar-refractivity contribution in [1.82, 2.24) is 0 Å². The number of halogens is 3.